The molecule has 4 rings (SSSR count). The summed E-state index contributed by atoms with van der Waals surface area (Å²) in [4.78, 5) is 48.1. The van der Waals surface area contributed by atoms with Crippen molar-refractivity contribution in [1.29, 1.82) is 0 Å². The van der Waals surface area contributed by atoms with Gasteiger partial charge in [-0.2, -0.15) is 0 Å². The number of carbonyl (C=O) groups is 4. The van der Waals surface area contributed by atoms with E-state index < -0.39 is 29.7 Å². The zero-order valence-electron chi connectivity index (χ0n) is 27.2. The molecule has 3 aromatic carbocycles. The summed E-state index contributed by atoms with van der Waals surface area (Å²) in [5, 5.41) is 16.3. The molecule has 0 radical (unpaired) electrons. The molecule has 49 heavy (non-hydrogen) atoms. The molecule has 0 bridgehead atoms. The number of hydrogen-bond donors (Lipinski definition) is 0. The first-order valence-electron chi connectivity index (χ1n) is 15.1. The normalized spacial score (nSPS) is 10.8. The van der Waals surface area contributed by atoms with Crippen LogP contribution in [-0.2, 0) is 19.1 Å². The van der Waals surface area contributed by atoms with E-state index in [1.54, 1.807) is 37.3 Å². The predicted octanol–water partition coefficient (Wildman–Crippen LogP) is 5.11. The molecule has 0 saturated heterocycles. The summed E-state index contributed by atoms with van der Waals surface area (Å²) in [6.45, 7) is 6.10. The van der Waals surface area contributed by atoms with Crippen LogP contribution in [0.4, 0.5) is 0 Å². The summed E-state index contributed by atoms with van der Waals surface area (Å²) in [6, 6.07) is 14.7. The number of aromatic nitrogens is 4. The Hall–Kier alpha value is -6.18. The summed E-state index contributed by atoms with van der Waals surface area (Å²) in [5.41, 5.74) is 1.22. The number of nitrogens with zero attached hydrogens (tertiary/aromatic N) is 4. The fourth-order valence-corrected chi connectivity index (χ4v) is 4.21. The van der Waals surface area contributed by atoms with Crippen LogP contribution >= 0.6 is 0 Å². The molecule has 0 atom stereocenters. The third-order valence-electron chi connectivity index (χ3n) is 6.77. The van der Waals surface area contributed by atoms with E-state index in [-0.39, 0.29) is 23.0 Å². The van der Waals surface area contributed by atoms with E-state index in [1.807, 2.05) is 18.2 Å². The molecule has 0 N–H and O–H groups in total. The standard InChI is InChI=1S/C35H34N4O10/c1-22(2)32(41)47-18-8-6-5-7-17-46-27-14-13-24-20-26(12-11-25(24)21-27)33(42)49-35-38-36-31(37-39-35)34(43)48-28-15-9-23(19-29(28)44-3)10-16-30(40)45-4/h9-16,19-21H,1,5-8,17-18H2,2-4H3/b16-10+. The molecule has 0 spiro atoms. The molecule has 4 aromatic rings. The quantitative estimate of drug-likeness (QED) is 0.0665. The summed E-state index contributed by atoms with van der Waals surface area (Å²) < 4.78 is 31.3. The van der Waals surface area contributed by atoms with E-state index in [0.717, 1.165) is 36.5 Å². The van der Waals surface area contributed by atoms with Gasteiger partial charge in [-0.05, 0) is 91.4 Å². The number of ether oxygens (including phenoxy) is 6. The van der Waals surface area contributed by atoms with Crippen molar-refractivity contribution in [3.8, 4) is 23.3 Å². The number of benzene rings is 3. The highest BCUT2D eigenvalue weighted by atomic mass is 16.6. The minimum Gasteiger partial charge on any atom is -0.494 e. The Morgan fingerprint density at radius 2 is 1.47 bits per heavy atom. The summed E-state index contributed by atoms with van der Waals surface area (Å²) >= 11 is 0. The molecule has 1 aromatic heterocycles. The molecule has 0 saturated carbocycles. The SMILES string of the molecule is C=C(C)C(=O)OCCCCCCOc1ccc2cc(C(=O)Oc3nnc(C(=O)Oc4ccc(/C=C/C(=O)OC)cc4OC)nn3)ccc2c1. The van der Waals surface area contributed by atoms with Crippen LogP contribution < -0.4 is 18.9 Å². The Morgan fingerprint density at radius 1 is 0.755 bits per heavy atom. The summed E-state index contributed by atoms with van der Waals surface area (Å²) in [6.07, 6.45) is 6.23. The molecular weight excluding hydrogens is 636 g/mol. The van der Waals surface area contributed by atoms with Gasteiger partial charge in [-0.25, -0.2) is 19.2 Å². The zero-order valence-corrected chi connectivity index (χ0v) is 27.2. The fraction of sp³-hybridized carbons (Fsp3) is 0.257. The van der Waals surface area contributed by atoms with Crippen LogP contribution in [0.3, 0.4) is 0 Å². The fourth-order valence-electron chi connectivity index (χ4n) is 4.21. The van der Waals surface area contributed by atoms with E-state index in [1.165, 1.54) is 32.4 Å². The van der Waals surface area contributed by atoms with Crippen LogP contribution in [0.1, 0.15) is 59.1 Å². The molecule has 0 amide bonds. The number of fused-ring (bicyclic) bond motifs is 1. The van der Waals surface area contributed by atoms with Crippen LogP contribution in [0.15, 0.2) is 72.8 Å². The van der Waals surface area contributed by atoms with Gasteiger partial charge in [0.15, 0.2) is 11.5 Å². The summed E-state index contributed by atoms with van der Waals surface area (Å²) in [7, 11) is 2.64. The minimum absolute atomic E-state index is 0.0595. The van der Waals surface area contributed by atoms with Crippen LogP contribution in [-0.4, -0.2) is 71.7 Å². The maximum absolute atomic E-state index is 12.8. The van der Waals surface area contributed by atoms with Crippen molar-refractivity contribution < 1.29 is 47.6 Å². The third kappa shape index (κ3) is 10.7. The van der Waals surface area contributed by atoms with Crippen molar-refractivity contribution in [2.75, 3.05) is 27.4 Å². The Kier molecular flexibility index (Phi) is 12.9. The van der Waals surface area contributed by atoms with Gasteiger partial charge < -0.3 is 28.4 Å². The Balaban J connectivity index is 1.26. The van der Waals surface area contributed by atoms with Gasteiger partial charge >= 0.3 is 29.9 Å². The number of rotatable bonds is 16. The molecular formula is C35H34N4O10. The second-order valence-electron chi connectivity index (χ2n) is 10.5. The first kappa shape index (κ1) is 35.7. The highest BCUT2D eigenvalue weighted by Crippen LogP contribution is 2.29. The smallest absolute Gasteiger partial charge is 0.385 e. The highest BCUT2D eigenvalue weighted by molar-refractivity contribution is 5.96. The largest absolute Gasteiger partial charge is 0.494 e. The molecule has 1 heterocycles. The number of carbonyl (C=O) groups excluding carboxylic acids is 4. The predicted molar refractivity (Wildman–Crippen MR) is 175 cm³/mol. The molecule has 0 unspecified atom stereocenters. The van der Waals surface area contributed by atoms with Crippen LogP contribution in [0.25, 0.3) is 16.8 Å². The average Bonchev–Trinajstić information content (AvgIpc) is 3.11. The van der Waals surface area contributed by atoms with Gasteiger partial charge in [0.1, 0.15) is 5.75 Å². The average molecular weight is 671 g/mol. The van der Waals surface area contributed by atoms with E-state index in [2.05, 4.69) is 31.7 Å². The topological polar surface area (TPSA) is 175 Å². The highest BCUT2D eigenvalue weighted by Gasteiger charge is 2.19. The molecule has 14 nitrogen and oxygen atoms in total. The Morgan fingerprint density at radius 3 is 2.18 bits per heavy atom. The van der Waals surface area contributed by atoms with E-state index >= 15 is 0 Å². The van der Waals surface area contributed by atoms with Crippen molar-refractivity contribution in [2.45, 2.75) is 32.6 Å². The lowest BCUT2D eigenvalue weighted by molar-refractivity contribution is -0.139. The van der Waals surface area contributed by atoms with E-state index in [0.29, 0.717) is 30.1 Å². The van der Waals surface area contributed by atoms with Gasteiger partial charge in [-0.15, -0.1) is 10.2 Å². The van der Waals surface area contributed by atoms with Crippen LogP contribution in [0.5, 0.6) is 23.3 Å². The van der Waals surface area contributed by atoms with Crippen LogP contribution in [0.2, 0.25) is 0 Å². The van der Waals surface area contributed by atoms with Gasteiger partial charge in [0.2, 0.25) is 0 Å². The first-order chi connectivity index (χ1) is 23.7. The number of esters is 4. The molecule has 254 valence electrons. The molecule has 0 fully saturated rings. The Labute approximate surface area is 281 Å². The molecule has 14 heteroatoms. The second-order valence-corrected chi connectivity index (χ2v) is 10.5. The first-order valence-corrected chi connectivity index (χ1v) is 15.1. The number of unbranched alkanes of at least 4 members (excludes halogenated alkanes) is 3. The lowest BCUT2D eigenvalue weighted by Gasteiger charge is -2.09. The third-order valence-corrected chi connectivity index (χ3v) is 6.77. The molecule has 0 aliphatic carbocycles. The monoisotopic (exact) mass is 670 g/mol. The molecule has 0 aliphatic rings. The molecule has 0 aliphatic heterocycles. The van der Waals surface area contributed by atoms with E-state index in [4.69, 9.17) is 23.7 Å². The maximum Gasteiger partial charge on any atom is 0.385 e. The maximum atomic E-state index is 12.8. The van der Waals surface area contributed by atoms with E-state index in [9.17, 15) is 19.2 Å². The van der Waals surface area contributed by atoms with Gasteiger partial charge in [-0.1, -0.05) is 35.0 Å². The van der Waals surface area contributed by atoms with Gasteiger partial charge in [-0.3, -0.25) is 0 Å². The summed E-state index contributed by atoms with van der Waals surface area (Å²) in [5.74, 6) is -2.15. The van der Waals surface area contributed by atoms with Gasteiger partial charge in [0.05, 0.1) is 33.0 Å². The van der Waals surface area contributed by atoms with Crippen molar-refractivity contribution in [3.63, 3.8) is 0 Å². The number of methoxy groups -OCH3 is 2. The van der Waals surface area contributed by atoms with Crippen molar-refractivity contribution >= 4 is 40.7 Å². The lowest BCUT2D eigenvalue weighted by Crippen LogP contribution is -2.17. The van der Waals surface area contributed by atoms with Crippen molar-refractivity contribution in [1.82, 2.24) is 20.4 Å². The van der Waals surface area contributed by atoms with Crippen LogP contribution in [0, 0.1) is 0 Å². The van der Waals surface area contributed by atoms with Gasteiger partial charge in [0, 0.05) is 11.6 Å². The second kappa shape index (κ2) is 17.7. The lowest BCUT2D eigenvalue weighted by atomic mass is 10.1. The number of hydrogen-bond acceptors (Lipinski definition) is 14. The Bertz CT molecular complexity index is 1860. The van der Waals surface area contributed by atoms with Crippen molar-refractivity contribution in [2.24, 2.45) is 0 Å². The zero-order chi connectivity index (χ0) is 35.2. The minimum atomic E-state index is -0.981. The van der Waals surface area contributed by atoms with Gasteiger partial charge in [0.25, 0.3) is 5.82 Å². The van der Waals surface area contributed by atoms with Crippen molar-refractivity contribution in [3.05, 3.63) is 89.8 Å².